The molecule has 0 saturated heterocycles. The third kappa shape index (κ3) is 4.42. The van der Waals surface area contributed by atoms with Gasteiger partial charge in [-0.05, 0) is 30.0 Å². The zero-order chi connectivity index (χ0) is 17.6. The Morgan fingerprint density at radius 3 is 2.80 bits per heavy atom. The highest BCUT2D eigenvalue weighted by atomic mass is 32.1. The van der Waals surface area contributed by atoms with E-state index in [1.54, 1.807) is 33.1 Å². The van der Waals surface area contributed by atoms with Crippen LogP contribution in [0.4, 0.5) is 0 Å². The van der Waals surface area contributed by atoms with Gasteiger partial charge in [-0.25, -0.2) is 4.68 Å². The van der Waals surface area contributed by atoms with Crippen molar-refractivity contribution >= 4 is 23.3 Å². The van der Waals surface area contributed by atoms with Crippen LogP contribution in [0.5, 0.6) is 0 Å². The molecule has 3 aromatic rings. The Balaban J connectivity index is 1.61. The second-order valence-corrected chi connectivity index (χ2v) is 6.78. The lowest BCUT2D eigenvalue weighted by molar-refractivity contribution is -0.126. The third-order valence-corrected chi connectivity index (χ3v) is 5.07. The number of likely N-dealkylation sites (N-methyl/N-ethyl adjacent to an activating group) is 1. The summed E-state index contributed by atoms with van der Waals surface area (Å²) in [5.41, 5.74) is 1.82. The van der Waals surface area contributed by atoms with Crippen molar-refractivity contribution < 1.29 is 4.79 Å². The normalized spacial score (nSPS) is 12.4. The number of carbonyl (C=O) groups excluding carboxylic acids is 1. The maximum absolute atomic E-state index is 12.3. The van der Waals surface area contributed by atoms with Crippen molar-refractivity contribution in [1.29, 1.82) is 0 Å². The molecule has 3 rings (SSSR count). The standard InChI is InChI=1S/C19H20N4OS/c1-15(18-9-6-12-25-18)22(2)19(24)11-10-17-14-23(21-20-17)13-16-7-4-3-5-8-16/h3-12,14-15H,13H2,1-2H3. The van der Waals surface area contributed by atoms with E-state index in [0.717, 1.165) is 10.4 Å². The fourth-order valence-electron chi connectivity index (χ4n) is 2.42. The molecule has 2 heterocycles. The Morgan fingerprint density at radius 2 is 2.08 bits per heavy atom. The fraction of sp³-hybridized carbons (Fsp3) is 0.211. The number of thiophene rings is 1. The van der Waals surface area contributed by atoms with Crippen LogP contribution in [-0.2, 0) is 11.3 Å². The number of amides is 1. The highest BCUT2D eigenvalue weighted by molar-refractivity contribution is 7.10. The summed E-state index contributed by atoms with van der Waals surface area (Å²) < 4.78 is 1.76. The van der Waals surface area contributed by atoms with Crippen LogP contribution in [0, 0.1) is 0 Å². The van der Waals surface area contributed by atoms with Gasteiger partial charge in [0.1, 0.15) is 5.69 Å². The molecule has 2 aromatic heterocycles. The Morgan fingerprint density at radius 1 is 1.28 bits per heavy atom. The van der Waals surface area contributed by atoms with E-state index in [0.29, 0.717) is 12.2 Å². The number of nitrogens with zero attached hydrogens (tertiary/aromatic N) is 4. The van der Waals surface area contributed by atoms with E-state index < -0.39 is 0 Å². The fourth-order valence-corrected chi connectivity index (χ4v) is 3.25. The van der Waals surface area contributed by atoms with Crippen molar-refractivity contribution in [3.8, 4) is 0 Å². The van der Waals surface area contributed by atoms with Crippen molar-refractivity contribution in [3.63, 3.8) is 0 Å². The van der Waals surface area contributed by atoms with E-state index in [-0.39, 0.29) is 11.9 Å². The first-order chi connectivity index (χ1) is 12.1. The average molecular weight is 352 g/mol. The van der Waals surface area contributed by atoms with Crippen LogP contribution >= 0.6 is 11.3 Å². The number of aromatic nitrogens is 3. The summed E-state index contributed by atoms with van der Waals surface area (Å²) in [4.78, 5) is 15.2. The zero-order valence-electron chi connectivity index (χ0n) is 14.2. The van der Waals surface area contributed by atoms with Gasteiger partial charge in [-0.15, -0.1) is 16.4 Å². The molecule has 0 N–H and O–H groups in total. The number of hydrogen-bond acceptors (Lipinski definition) is 4. The molecule has 1 amide bonds. The molecule has 0 aliphatic carbocycles. The largest absolute Gasteiger partial charge is 0.335 e. The molecule has 0 bridgehead atoms. The van der Waals surface area contributed by atoms with Gasteiger partial charge >= 0.3 is 0 Å². The number of hydrogen-bond donors (Lipinski definition) is 0. The second kappa shape index (κ2) is 7.90. The molecular formula is C19H20N4OS. The molecule has 128 valence electrons. The molecule has 1 unspecified atom stereocenters. The summed E-state index contributed by atoms with van der Waals surface area (Å²) in [7, 11) is 1.81. The van der Waals surface area contributed by atoms with Crippen LogP contribution in [0.1, 0.15) is 29.1 Å². The van der Waals surface area contributed by atoms with Crippen molar-refractivity contribution in [2.24, 2.45) is 0 Å². The topological polar surface area (TPSA) is 51.0 Å². The monoisotopic (exact) mass is 352 g/mol. The van der Waals surface area contributed by atoms with Gasteiger partial charge in [-0.2, -0.15) is 0 Å². The quantitative estimate of drug-likeness (QED) is 0.637. The SMILES string of the molecule is CC(c1cccs1)N(C)C(=O)C=Cc1cn(Cc2ccccc2)nn1. The van der Waals surface area contributed by atoms with Gasteiger partial charge in [-0.3, -0.25) is 4.79 Å². The first-order valence-corrected chi connectivity index (χ1v) is 8.94. The predicted molar refractivity (Wildman–Crippen MR) is 100 cm³/mol. The van der Waals surface area contributed by atoms with Crippen molar-refractivity contribution in [2.45, 2.75) is 19.5 Å². The Kier molecular flexibility index (Phi) is 5.40. The van der Waals surface area contributed by atoms with E-state index in [9.17, 15) is 4.79 Å². The van der Waals surface area contributed by atoms with Gasteiger partial charge in [0.05, 0.1) is 18.8 Å². The van der Waals surface area contributed by atoms with E-state index in [1.807, 2.05) is 68.0 Å². The van der Waals surface area contributed by atoms with Crippen LogP contribution in [0.2, 0.25) is 0 Å². The summed E-state index contributed by atoms with van der Waals surface area (Å²) in [6.45, 7) is 2.68. The Bertz CT molecular complexity index is 839. The van der Waals surface area contributed by atoms with Gasteiger partial charge in [0, 0.05) is 18.0 Å². The predicted octanol–water partition coefficient (Wildman–Crippen LogP) is 3.62. The number of benzene rings is 1. The van der Waals surface area contributed by atoms with E-state index in [4.69, 9.17) is 0 Å². The van der Waals surface area contributed by atoms with Gasteiger partial charge in [0.2, 0.25) is 5.91 Å². The summed E-state index contributed by atoms with van der Waals surface area (Å²) in [5, 5.41) is 10.2. The first kappa shape index (κ1) is 17.1. The minimum Gasteiger partial charge on any atom is -0.335 e. The molecular weight excluding hydrogens is 332 g/mol. The van der Waals surface area contributed by atoms with Gasteiger partial charge in [-0.1, -0.05) is 41.6 Å². The first-order valence-electron chi connectivity index (χ1n) is 8.06. The highest BCUT2D eigenvalue weighted by Crippen LogP contribution is 2.23. The molecule has 1 atom stereocenters. The minimum atomic E-state index is -0.0569. The number of carbonyl (C=O) groups is 1. The van der Waals surface area contributed by atoms with E-state index in [2.05, 4.69) is 10.3 Å². The third-order valence-electron chi connectivity index (χ3n) is 4.02. The van der Waals surface area contributed by atoms with E-state index >= 15 is 0 Å². The molecule has 6 heteroatoms. The van der Waals surface area contributed by atoms with E-state index in [1.165, 1.54) is 0 Å². The van der Waals surface area contributed by atoms with Crippen molar-refractivity contribution in [2.75, 3.05) is 7.05 Å². The molecule has 0 aliphatic rings. The van der Waals surface area contributed by atoms with Gasteiger partial charge < -0.3 is 4.90 Å². The summed E-state index contributed by atoms with van der Waals surface area (Å²) >= 11 is 1.65. The molecule has 0 radical (unpaired) electrons. The maximum Gasteiger partial charge on any atom is 0.246 e. The summed E-state index contributed by atoms with van der Waals surface area (Å²) in [6, 6.07) is 14.1. The highest BCUT2D eigenvalue weighted by Gasteiger charge is 2.16. The summed E-state index contributed by atoms with van der Waals surface area (Å²) in [6.07, 6.45) is 5.08. The molecule has 5 nitrogen and oxygen atoms in total. The average Bonchev–Trinajstić information content (AvgIpc) is 3.31. The maximum atomic E-state index is 12.3. The smallest absolute Gasteiger partial charge is 0.246 e. The van der Waals surface area contributed by atoms with Crippen LogP contribution in [0.3, 0.4) is 0 Å². The molecule has 0 fully saturated rings. The molecule has 0 aliphatic heterocycles. The lowest BCUT2D eigenvalue weighted by atomic mass is 10.2. The van der Waals surface area contributed by atoms with Crippen LogP contribution in [0.25, 0.3) is 6.08 Å². The minimum absolute atomic E-state index is 0.0471. The van der Waals surface area contributed by atoms with Gasteiger partial charge in [0.25, 0.3) is 0 Å². The lowest BCUT2D eigenvalue weighted by Crippen LogP contribution is -2.27. The molecule has 1 aromatic carbocycles. The second-order valence-electron chi connectivity index (χ2n) is 5.80. The number of rotatable bonds is 6. The van der Waals surface area contributed by atoms with Crippen molar-refractivity contribution in [3.05, 3.63) is 76.3 Å². The molecule has 0 spiro atoms. The zero-order valence-corrected chi connectivity index (χ0v) is 15.1. The lowest BCUT2D eigenvalue weighted by Gasteiger charge is -2.22. The van der Waals surface area contributed by atoms with Crippen LogP contribution < -0.4 is 0 Å². The molecule has 0 saturated carbocycles. The van der Waals surface area contributed by atoms with Crippen molar-refractivity contribution in [1.82, 2.24) is 19.9 Å². The van der Waals surface area contributed by atoms with Gasteiger partial charge in [0.15, 0.2) is 0 Å². The Hall–Kier alpha value is -2.73. The molecule has 25 heavy (non-hydrogen) atoms. The van der Waals surface area contributed by atoms with Crippen LogP contribution in [0.15, 0.2) is 60.1 Å². The van der Waals surface area contributed by atoms with Crippen LogP contribution in [-0.4, -0.2) is 32.8 Å². The Labute approximate surface area is 151 Å². The summed E-state index contributed by atoms with van der Waals surface area (Å²) in [5.74, 6) is -0.0569.